The number of ether oxygens (including phenoxy) is 1. The number of rotatable bonds is 3. The molecule has 0 aliphatic carbocycles. The van der Waals surface area contributed by atoms with E-state index in [0.717, 1.165) is 0 Å². The molecule has 15 heavy (non-hydrogen) atoms. The van der Waals surface area contributed by atoms with Crippen LogP contribution in [-0.4, -0.2) is 36.0 Å². The maximum absolute atomic E-state index is 11.8. The molecule has 0 radical (unpaired) electrons. The molecule has 0 unspecified atom stereocenters. The summed E-state index contributed by atoms with van der Waals surface area (Å²) < 4.78 is 39.8. The molecule has 1 heterocycles. The van der Waals surface area contributed by atoms with Crippen LogP contribution in [0.5, 0.6) is 0 Å². The van der Waals surface area contributed by atoms with Crippen LogP contribution in [-0.2, 0) is 9.53 Å². The van der Waals surface area contributed by atoms with Crippen molar-refractivity contribution in [3.8, 4) is 0 Å². The van der Waals surface area contributed by atoms with Crippen molar-refractivity contribution in [3.63, 3.8) is 0 Å². The molecule has 7 heteroatoms. The molecule has 1 aliphatic heterocycles. The van der Waals surface area contributed by atoms with Crippen molar-refractivity contribution in [2.75, 3.05) is 19.2 Å². The van der Waals surface area contributed by atoms with Crippen LogP contribution in [0.1, 0.15) is 6.42 Å². The van der Waals surface area contributed by atoms with Crippen molar-refractivity contribution in [1.82, 2.24) is 4.90 Å². The van der Waals surface area contributed by atoms with E-state index in [0.29, 0.717) is 6.54 Å². The van der Waals surface area contributed by atoms with Gasteiger partial charge < -0.3 is 9.64 Å². The Hall–Kier alpha value is -0.910. The van der Waals surface area contributed by atoms with Gasteiger partial charge in [0.2, 0.25) is 5.78 Å². The lowest BCUT2D eigenvalue weighted by molar-refractivity contribution is -0.167. The monoisotopic (exact) mass is 243 g/mol. The zero-order valence-corrected chi connectivity index (χ0v) is 8.44. The maximum atomic E-state index is 11.8. The van der Waals surface area contributed by atoms with Gasteiger partial charge in [-0.05, 0) is 0 Å². The SMILES string of the molecule is O=C1CCN(CCl)C=C1OCC(F)(F)F. The van der Waals surface area contributed by atoms with Crippen molar-refractivity contribution in [2.24, 2.45) is 0 Å². The van der Waals surface area contributed by atoms with Gasteiger partial charge in [0.1, 0.15) is 0 Å². The molecule has 0 saturated heterocycles. The van der Waals surface area contributed by atoms with Crippen LogP contribution < -0.4 is 0 Å². The minimum atomic E-state index is -4.44. The first-order valence-corrected chi connectivity index (χ1v) is 4.70. The van der Waals surface area contributed by atoms with Gasteiger partial charge in [0, 0.05) is 19.2 Å². The minimum Gasteiger partial charge on any atom is -0.479 e. The standard InChI is InChI=1S/C8H9ClF3NO2/c9-5-13-2-1-6(14)7(3-13)15-4-8(10,11)12/h3H,1-2,4-5H2. The van der Waals surface area contributed by atoms with E-state index in [2.05, 4.69) is 4.74 Å². The molecule has 0 atom stereocenters. The fourth-order valence-electron chi connectivity index (χ4n) is 1.04. The van der Waals surface area contributed by atoms with Crippen molar-refractivity contribution in [3.05, 3.63) is 12.0 Å². The van der Waals surface area contributed by atoms with Crippen molar-refractivity contribution >= 4 is 17.4 Å². The molecule has 0 bridgehead atoms. The number of ketones is 1. The van der Waals surface area contributed by atoms with E-state index in [1.54, 1.807) is 0 Å². The molecule has 0 amide bonds. The molecular formula is C8H9ClF3NO2. The van der Waals surface area contributed by atoms with Crippen molar-refractivity contribution in [2.45, 2.75) is 12.6 Å². The molecule has 0 aromatic heterocycles. The summed E-state index contributed by atoms with van der Waals surface area (Å²) in [7, 11) is 0. The molecule has 0 aromatic rings. The number of hydrogen-bond acceptors (Lipinski definition) is 3. The first kappa shape index (κ1) is 12.2. The third-order valence-electron chi connectivity index (χ3n) is 1.75. The summed E-state index contributed by atoms with van der Waals surface area (Å²) in [6, 6.07) is 0.117. The number of hydrogen-bond donors (Lipinski definition) is 0. The van der Waals surface area contributed by atoms with Crippen LogP contribution in [0, 0.1) is 0 Å². The second-order valence-corrected chi connectivity index (χ2v) is 3.24. The van der Waals surface area contributed by atoms with E-state index in [1.807, 2.05) is 0 Å². The highest BCUT2D eigenvalue weighted by molar-refractivity contribution is 6.17. The molecule has 0 fully saturated rings. The fraction of sp³-hybridized carbons (Fsp3) is 0.625. The van der Waals surface area contributed by atoms with Gasteiger partial charge in [-0.1, -0.05) is 0 Å². The quantitative estimate of drug-likeness (QED) is 0.560. The number of halogens is 4. The number of alkyl halides is 4. The van der Waals surface area contributed by atoms with Crippen molar-refractivity contribution < 1.29 is 22.7 Å². The Bertz CT molecular complexity index is 278. The molecule has 0 spiro atoms. The Labute approximate surface area is 89.4 Å². The zero-order chi connectivity index (χ0) is 11.5. The van der Waals surface area contributed by atoms with Gasteiger partial charge in [-0.3, -0.25) is 4.79 Å². The van der Waals surface area contributed by atoms with Crippen LogP contribution in [0.25, 0.3) is 0 Å². The number of carbonyl (C=O) groups excluding carboxylic acids is 1. The van der Waals surface area contributed by atoms with Gasteiger partial charge in [-0.2, -0.15) is 13.2 Å². The highest BCUT2D eigenvalue weighted by Crippen LogP contribution is 2.19. The van der Waals surface area contributed by atoms with Crippen LogP contribution in [0.3, 0.4) is 0 Å². The molecule has 0 N–H and O–H groups in total. The van der Waals surface area contributed by atoms with Gasteiger partial charge in [-0.15, -0.1) is 11.6 Å². The zero-order valence-electron chi connectivity index (χ0n) is 7.68. The lowest BCUT2D eigenvalue weighted by atomic mass is 10.2. The van der Waals surface area contributed by atoms with E-state index >= 15 is 0 Å². The van der Waals surface area contributed by atoms with Gasteiger partial charge >= 0.3 is 6.18 Å². The number of carbonyl (C=O) groups is 1. The molecule has 0 aromatic carbocycles. The lowest BCUT2D eigenvalue weighted by Gasteiger charge is -2.23. The number of Topliss-reactive ketones (excluding diaryl/α,β-unsaturated/α-hetero) is 1. The van der Waals surface area contributed by atoms with E-state index in [4.69, 9.17) is 11.6 Å². The van der Waals surface area contributed by atoms with E-state index in [-0.39, 0.29) is 18.2 Å². The predicted octanol–water partition coefficient (Wildman–Crippen LogP) is 1.88. The summed E-state index contributed by atoms with van der Waals surface area (Å²) in [4.78, 5) is 12.7. The first-order chi connectivity index (χ1) is 6.92. The number of allylic oxidation sites excluding steroid dienone is 1. The smallest absolute Gasteiger partial charge is 0.422 e. The molecule has 3 nitrogen and oxygen atoms in total. The van der Waals surface area contributed by atoms with E-state index in [9.17, 15) is 18.0 Å². The Kier molecular flexibility index (Phi) is 3.84. The van der Waals surface area contributed by atoms with Gasteiger partial charge in [0.15, 0.2) is 12.4 Å². The summed E-state index contributed by atoms with van der Waals surface area (Å²) >= 11 is 5.48. The normalized spacial score (nSPS) is 17.7. The van der Waals surface area contributed by atoms with E-state index in [1.165, 1.54) is 11.1 Å². The molecule has 86 valence electrons. The van der Waals surface area contributed by atoms with Crippen LogP contribution in [0.4, 0.5) is 13.2 Å². The van der Waals surface area contributed by atoms with Gasteiger partial charge in [-0.25, -0.2) is 0 Å². The van der Waals surface area contributed by atoms with Gasteiger partial charge in [0.25, 0.3) is 0 Å². The van der Waals surface area contributed by atoms with Crippen LogP contribution >= 0.6 is 11.6 Å². The Balaban J connectivity index is 2.58. The Morgan fingerprint density at radius 1 is 1.53 bits per heavy atom. The minimum absolute atomic E-state index is 0.117. The first-order valence-electron chi connectivity index (χ1n) is 4.17. The lowest BCUT2D eigenvalue weighted by Crippen LogP contribution is -2.29. The predicted molar refractivity (Wildman–Crippen MR) is 47.1 cm³/mol. The van der Waals surface area contributed by atoms with Crippen LogP contribution in [0.15, 0.2) is 12.0 Å². The highest BCUT2D eigenvalue weighted by Gasteiger charge is 2.30. The summed E-state index contributed by atoms with van der Waals surface area (Å²) in [5.41, 5.74) is 0. The Morgan fingerprint density at radius 3 is 2.73 bits per heavy atom. The second kappa shape index (κ2) is 4.74. The molecule has 1 aliphatic rings. The second-order valence-electron chi connectivity index (χ2n) is 3.00. The summed E-state index contributed by atoms with van der Waals surface area (Å²) in [5, 5.41) is 0. The maximum Gasteiger partial charge on any atom is 0.422 e. The van der Waals surface area contributed by atoms with Crippen LogP contribution in [0.2, 0.25) is 0 Å². The third-order valence-corrected chi connectivity index (χ3v) is 2.05. The summed E-state index contributed by atoms with van der Waals surface area (Å²) in [5.74, 6) is -0.708. The molecule has 1 rings (SSSR count). The topological polar surface area (TPSA) is 29.5 Å². The number of nitrogens with zero attached hydrogens (tertiary/aromatic N) is 1. The third kappa shape index (κ3) is 3.99. The average molecular weight is 244 g/mol. The highest BCUT2D eigenvalue weighted by atomic mass is 35.5. The van der Waals surface area contributed by atoms with Gasteiger partial charge in [0.05, 0.1) is 6.00 Å². The fourth-order valence-corrected chi connectivity index (χ4v) is 1.23. The molecule has 0 saturated carbocycles. The Morgan fingerprint density at radius 2 is 2.20 bits per heavy atom. The largest absolute Gasteiger partial charge is 0.479 e. The summed E-state index contributed by atoms with van der Waals surface area (Å²) in [6.45, 7) is -1.05. The van der Waals surface area contributed by atoms with Crippen molar-refractivity contribution in [1.29, 1.82) is 0 Å². The average Bonchev–Trinajstić information content (AvgIpc) is 2.15. The molecular weight excluding hydrogens is 235 g/mol. The summed E-state index contributed by atoms with van der Waals surface area (Å²) in [6.07, 6.45) is -3.11. The van der Waals surface area contributed by atoms with E-state index < -0.39 is 18.6 Å².